The average molecular weight is 394 g/mol. The lowest BCUT2D eigenvalue weighted by atomic mass is 10.3. The summed E-state index contributed by atoms with van der Waals surface area (Å²) in [5.41, 5.74) is 0. The van der Waals surface area contributed by atoms with Gasteiger partial charge >= 0.3 is 0 Å². The molecule has 0 saturated carbocycles. The summed E-state index contributed by atoms with van der Waals surface area (Å²) in [6, 6.07) is 0.356. The maximum absolute atomic E-state index is 4.55. The molecule has 1 aromatic rings. The van der Waals surface area contributed by atoms with E-state index >= 15 is 0 Å². The van der Waals surface area contributed by atoms with Gasteiger partial charge in [0.05, 0.1) is 0 Å². The van der Waals surface area contributed by atoms with Crippen molar-refractivity contribution in [2.75, 3.05) is 6.54 Å². The van der Waals surface area contributed by atoms with Crippen molar-refractivity contribution in [3.05, 3.63) is 11.6 Å². The molecule has 0 fully saturated rings. The molecule has 116 valence electrons. The molecular formula is C13H27IN6. The minimum absolute atomic E-state index is 0. The van der Waals surface area contributed by atoms with E-state index in [4.69, 9.17) is 0 Å². The average Bonchev–Trinajstić information content (AvgIpc) is 2.67. The highest BCUT2D eigenvalue weighted by Crippen LogP contribution is 1.99. The Labute approximate surface area is 138 Å². The smallest absolute Gasteiger partial charge is 0.191 e. The molecule has 0 spiro atoms. The molecule has 0 atom stereocenters. The molecule has 2 N–H and O–H groups in total. The lowest BCUT2D eigenvalue weighted by Gasteiger charge is -2.14. The summed E-state index contributed by atoms with van der Waals surface area (Å²) in [4.78, 5) is 4.55. The first-order chi connectivity index (χ1) is 9.04. The molecule has 0 aliphatic rings. The zero-order chi connectivity index (χ0) is 14.3. The molecule has 0 aromatic carbocycles. The summed E-state index contributed by atoms with van der Waals surface area (Å²) in [6.07, 6.45) is 2.31. The van der Waals surface area contributed by atoms with Crippen LogP contribution in [0.3, 0.4) is 0 Å². The van der Waals surface area contributed by atoms with Crippen LogP contribution in [0.15, 0.2) is 4.99 Å². The summed E-state index contributed by atoms with van der Waals surface area (Å²) in [5.74, 6) is 2.62. The molecule has 20 heavy (non-hydrogen) atoms. The molecule has 1 heterocycles. The number of aliphatic imine (C=N–C) groups is 1. The van der Waals surface area contributed by atoms with Crippen molar-refractivity contribution in [1.29, 1.82) is 0 Å². The topological polar surface area (TPSA) is 67.1 Å². The first-order valence-corrected chi connectivity index (χ1v) is 6.94. The highest BCUT2D eigenvalue weighted by Gasteiger charge is 2.05. The maximum Gasteiger partial charge on any atom is 0.191 e. The van der Waals surface area contributed by atoms with Gasteiger partial charge in [0.15, 0.2) is 11.8 Å². The van der Waals surface area contributed by atoms with Crippen molar-refractivity contribution in [3.63, 3.8) is 0 Å². The molecular weight excluding hydrogens is 367 g/mol. The van der Waals surface area contributed by atoms with Crippen LogP contribution < -0.4 is 10.6 Å². The lowest BCUT2D eigenvalue weighted by molar-refractivity contribution is 0.672. The maximum atomic E-state index is 4.55. The van der Waals surface area contributed by atoms with E-state index in [-0.39, 0.29) is 24.0 Å². The molecule has 0 amide bonds. The van der Waals surface area contributed by atoms with E-state index in [2.05, 4.69) is 46.6 Å². The van der Waals surface area contributed by atoms with Gasteiger partial charge in [-0.25, -0.2) is 4.99 Å². The van der Waals surface area contributed by atoms with Crippen LogP contribution in [0.1, 0.15) is 45.3 Å². The van der Waals surface area contributed by atoms with E-state index in [9.17, 15) is 0 Å². The second-order valence-electron chi connectivity index (χ2n) is 4.97. The van der Waals surface area contributed by atoms with Crippen molar-refractivity contribution < 1.29 is 0 Å². The van der Waals surface area contributed by atoms with E-state index in [0.29, 0.717) is 12.6 Å². The van der Waals surface area contributed by atoms with Crippen LogP contribution in [-0.2, 0) is 13.6 Å². The van der Waals surface area contributed by atoms with Gasteiger partial charge in [-0.15, -0.1) is 34.2 Å². The molecule has 0 unspecified atom stereocenters. The predicted octanol–water partition coefficient (Wildman–Crippen LogP) is 1.99. The highest BCUT2D eigenvalue weighted by atomic mass is 127. The van der Waals surface area contributed by atoms with Crippen LogP contribution in [0.5, 0.6) is 0 Å². The molecule has 0 bridgehead atoms. The van der Waals surface area contributed by atoms with Crippen molar-refractivity contribution in [2.24, 2.45) is 12.0 Å². The van der Waals surface area contributed by atoms with Gasteiger partial charge in [0, 0.05) is 19.6 Å². The van der Waals surface area contributed by atoms with Crippen LogP contribution in [0.2, 0.25) is 0 Å². The number of halogens is 1. The SMILES string of the molecule is CCCCNC(=NCc1nnc(C)n1C)NC(C)C.I. The Bertz CT molecular complexity index is 413. The van der Waals surface area contributed by atoms with Gasteiger partial charge in [0.1, 0.15) is 12.4 Å². The number of hydrogen-bond acceptors (Lipinski definition) is 3. The standard InChI is InChI=1S/C13H26N6.HI/c1-6-7-8-14-13(16-10(2)3)15-9-12-18-17-11(4)19(12)5;/h10H,6-9H2,1-5H3,(H2,14,15,16);1H. The van der Waals surface area contributed by atoms with E-state index in [1.54, 1.807) is 0 Å². The van der Waals surface area contributed by atoms with Gasteiger partial charge in [-0.2, -0.15) is 0 Å². The molecule has 6 nitrogen and oxygen atoms in total. The van der Waals surface area contributed by atoms with Gasteiger partial charge in [-0.1, -0.05) is 13.3 Å². The third kappa shape index (κ3) is 6.53. The highest BCUT2D eigenvalue weighted by molar-refractivity contribution is 14.0. The summed E-state index contributed by atoms with van der Waals surface area (Å²) < 4.78 is 1.96. The van der Waals surface area contributed by atoms with E-state index in [1.165, 1.54) is 6.42 Å². The van der Waals surface area contributed by atoms with Crippen molar-refractivity contribution in [3.8, 4) is 0 Å². The minimum atomic E-state index is 0. The van der Waals surface area contributed by atoms with Gasteiger partial charge in [0.2, 0.25) is 0 Å². The molecule has 1 rings (SSSR count). The number of nitrogens with one attached hydrogen (secondary N) is 2. The molecule has 0 saturated heterocycles. The lowest BCUT2D eigenvalue weighted by Crippen LogP contribution is -2.41. The number of unbranched alkanes of at least 4 members (excludes halogenated alkanes) is 1. The van der Waals surface area contributed by atoms with Gasteiger partial charge in [0.25, 0.3) is 0 Å². The Morgan fingerprint density at radius 1 is 1.35 bits per heavy atom. The minimum Gasteiger partial charge on any atom is -0.356 e. The largest absolute Gasteiger partial charge is 0.356 e. The van der Waals surface area contributed by atoms with Crippen LogP contribution >= 0.6 is 24.0 Å². The van der Waals surface area contributed by atoms with Gasteiger partial charge in [-0.3, -0.25) is 0 Å². The van der Waals surface area contributed by atoms with Crippen LogP contribution in [0.25, 0.3) is 0 Å². The normalized spacial score (nSPS) is 11.4. The van der Waals surface area contributed by atoms with E-state index in [0.717, 1.165) is 30.6 Å². The number of nitrogens with zero attached hydrogens (tertiary/aromatic N) is 4. The molecule has 0 radical (unpaired) electrons. The molecule has 0 aliphatic heterocycles. The zero-order valence-electron chi connectivity index (χ0n) is 13.1. The first kappa shape index (κ1) is 19.1. The number of hydrogen-bond donors (Lipinski definition) is 2. The van der Waals surface area contributed by atoms with E-state index in [1.807, 2.05) is 18.5 Å². The van der Waals surface area contributed by atoms with Crippen LogP contribution in [0.4, 0.5) is 0 Å². The second kappa shape index (κ2) is 9.95. The number of guanidine groups is 1. The zero-order valence-corrected chi connectivity index (χ0v) is 15.4. The Kier molecular flexibility index (Phi) is 9.52. The summed E-state index contributed by atoms with van der Waals surface area (Å²) in [7, 11) is 1.96. The number of aromatic nitrogens is 3. The monoisotopic (exact) mass is 394 g/mol. The fourth-order valence-electron chi connectivity index (χ4n) is 1.55. The summed E-state index contributed by atoms with van der Waals surface area (Å²) >= 11 is 0. The van der Waals surface area contributed by atoms with Crippen LogP contribution in [0, 0.1) is 6.92 Å². The Morgan fingerprint density at radius 2 is 2.05 bits per heavy atom. The fraction of sp³-hybridized carbons (Fsp3) is 0.769. The third-order valence-corrected chi connectivity index (χ3v) is 2.81. The van der Waals surface area contributed by atoms with E-state index < -0.39 is 0 Å². The number of aryl methyl sites for hydroxylation is 1. The van der Waals surface area contributed by atoms with Gasteiger partial charge in [-0.05, 0) is 27.2 Å². The predicted molar refractivity (Wildman–Crippen MR) is 93.5 cm³/mol. The van der Waals surface area contributed by atoms with Crippen molar-refractivity contribution in [2.45, 2.75) is 53.1 Å². The van der Waals surface area contributed by atoms with Gasteiger partial charge < -0.3 is 15.2 Å². The first-order valence-electron chi connectivity index (χ1n) is 6.94. The fourth-order valence-corrected chi connectivity index (χ4v) is 1.55. The Morgan fingerprint density at radius 3 is 2.55 bits per heavy atom. The van der Waals surface area contributed by atoms with Crippen LogP contribution in [-0.4, -0.2) is 33.3 Å². The Balaban J connectivity index is 0.00000361. The molecule has 0 aliphatic carbocycles. The van der Waals surface area contributed by atoms with Crippen molar-refractivity contribution in [1.82, 2.24) is 25.4 Å². The quantitative estimate of drug-likeness (QED) is 0.335. The summed E-state index contributed by atoms with van der Waals surface area (Å²) in [5, 5.41) is 14.8. The second-order valence-corrected chi connectivity index (χ2v) is 4.97. The molecule has 1 aromatic heterocycles. The van der Waals surface area contributed by atoms with Crippen molar-refractivity contribution >= 4 is 29.9 Å². The third-order valence-electron chi connectivity index (χ3n) is 2.81. The number of rotatable bonds is 6. The Hall–Kier alpha value is -0.860. The molecule has 7 heteroatoms. The summed E-state index contributed by atoms with van der Waals surface area (Å²) in [6.45, 7) is 9.79.